The Morgan fingerprint density at radius 2 is 2.05 bits per heavy atom. The lowest BCUT2D eigenvalue weighted by Crippen LogP contribution is -2.06. The summed E-state index contributed by atoms with van der Waals surface area (Å²) in [5, 5.41) is 1.31. The topological polar surface area (TPSA) is 22.2 Å². The average Bonchev–Trinajstić information content (AvgIpc) is 3.08. The maximum Gasteiger partial charge on any atom is 0.143 e. The Hall–Kier alpha value is -1.77. The molecule has 1 aliphatic carbocycles. The first-order valence-corrected chi connectivity index (χ1v) is 8.23. The molecule has 0 amide bonds. The fraction of sp³-hybridized carbons (Fsp3) is 0.500. The summed E-state index contributed by atoms with van der Waals surface area (Å²) in [7, 11) is 2.08. The van der Waals surface area contributed by atoms with Crippen LogP contribution in [0, 0.1) is 0 Å². The van der Waals surface area contributed by atoms with Crippen LogP contribution in [0.15, 0.2) is 24.8 Å². The summed E-state index contributed by atoms with van der Waals surface area (Å²) in [6.07, 6.45) is 14.4. The molecular weight excluding hydrogens is 258 g/mol. The van der Waals surface area contributed by atoms with Crippen LogP contribution in [0.2, 0.25) is 0 Å². The molecule has 0 N–H and O–H groups in total. The van der Waals surface area contributed by atoms with E-state index >= 15 is 0 Å². The van der Waals surface area contributed by atoms with E-state index in [2.05, 4.69) is 46.4 Å². The Labute approximate surface area is 125 Å². The second-order valence-electron chi connectivity index (χ2n) is 6.42. The van der Waals surface area contributed by atoms with Crippen molar-refractivity contribution in [2.24, 2.45) is 7.05 Å². The predicted molar refractivity (Wildman–Crippen MR) is 86.9 cm³/mol. The molecule has 0 aromatic carbocycles. The molecule has 21 heavy (non-hydrogen) atoms. The van der Waals surface area contributed by atoms with Gasteiger partial charge in [0.1, 0.15) is 12.0 Å². The molecule has 0 bridgehead atoms. The second-order valence-corrected chi connectivity index (χ2v) is 6.42. The predicted octanol–water partition coefficient (Wildman–Crippen LogP) is 4.44. The van der Waals surface area contributed by atoms with Gasteiger partial charge in [-0.15, -0.1) is 0 Å². The van der Waals surface area contributed by atoms with Gasteiger partial charge in [0.2, 0.25) is 0 Å². The highest BCUT2D eigenvalue weighted by molar-refractivity contribution is 5.95. The number of rotatable bonds is 2. The van der Waals surface area contributed by atoms with Gasteiger partial charge in [-0.2, -0.15) is 0 Å². The number of hydrogen-bond acceptors (Lipinski definition) is 1. The Kier molecular flexibility index (Phi) is 3.02. The van der Waals surface area contributed by atoms with Crippen molar-refractivity contribution in [1.82, 2.24) is 14.0 Å². The summed E-state index contributed by atoms with van der Waals surface area (Å²) in [6, 6.07) is 2.23. The lowest BCUT2D eigenvalue weighted by atomic mass is 9.82. The van der Waals surface area contributed by atoms with Gasteiger partial charge in [-0.05, 0) is 42.4 Å². The van der Waals surface area contributed by atoms with Crippen LogP contribution < -0.4 is 0 Å². The van der Waals surface area contributed by atoms with E-state index in [-0.39, 0.29) is 0 Å². The molecule has 3 aromatic heterocycles. The molecule has 0 radical (unpaired) electrons. The molecule has 4 rings (SSSR count). The number of hydrogen-bond donors (Lipinski definition) is 0. The molecule has 3 heteroatoms. The van der Waals surface area contributed by atoms with Gasteiger partial charge in [0.05, 0.1) is 5.52 Å². The largest absolute Gasteiger partial charge is 0.335 e. The Balaban J connectivity index is 2.03. The normalized spacial score (nSPS) is 17.0. The third-order valence-corrected chi connectivity index (χ3v) is 5.15. The van der Waals surface area contributed by atoms with E-state index in [0.29, 0.717) is 0 Å². The second kappa shape index (κ2) is 4.90. The molecule has 110 valence electrons. The quantitative estimate of drug-likeness (QED) is 0.681. The van der Waals surface area contributed by atoms with Crippen LogP contribution in [0.25, 0.3) is 16.6 Å². The third-order valence-electron chi connectivity index (χ3n) is 5.15. The highest BCUT2D eigenvalue weighted by Gasteiger charge is 2.23. The fourth-order valence-corrected chi connectivity index (χ4v) is 4.08. The Morgan fingerprint density at radius 3 is 2.81 bits per heavy atom. The Morgan fingerprint density at radius 1 is 1.24 bits per heavy atom. The van der Waals surface area contributed by atoms with Crippen molar-refractivity contribution >= 4 is 16.6 Å². The van der Waals surface area contributed by atoms with Crippen LogP contribution >= 0.6 is 0 Å². The average molecular weight is 281 g/mol. The van der Waals surface area contributed by atoms with E-state index in [1.54, 1.807) is 5.56 Å². The SMILES string of the molecule is CCc1cn2cnc3c(ccn3C)c2c1C1CCCCC1. The number of nitrogens with zero attached hydrogens (tertiary/aromatic N) is 3. The molecule has 0 spiro atoms. The molecule has 0 atom stereocenters. The van der Waals surface area contributed by atoms with Crippen LogP contribution in [0.4, 0.5) is 0 Å². The van der Waals surface area contributed by atoms with Gasteiger partial charge < -0.3 is 8.97 Å². The highest BCUT2D eigenvalue weighted by Crippen LogP contribution is 2.39. The minimum absolute atomic E-state index is 0.740. The van der Waals surface area contributed by atoms with Crippen molar-refractivity contribution in [2.75, 3.05) is 0 Å². The molecule has 1 saturated carbocycles. The van der Waals surface area contributed by atoms with E-state index in [4.69, 9.17) is 0 Å². The summed E-state index contributed by atoms with van der Waals surface area (Å²) in [4.78, 5) is 4.63. The van der Waals surface area contributed by atoms with Gasteiger partial charge in [0, 0.05) is 24.8 Å². The summed E-state index contributed by atoms with van der Waals surface area (Å²) in [5.74, 6) is 0.740. The van der Waals surface area contributed by atoms with Gasteiger partial charge in [-0.1, -0.05) is 26.2 Å². The van der Waals surface area contributed by atoms with Gasteiger partial charge in [0.15, 0.2) is 0 Å². The summed E-state index contributed by atoms with van der Waals surface area (Å²) < 4.78 is 4.38. The number of aryl methyl sites for hydroxylation is 2. The van der Waals surface area contributed by atoms with Crippen molar-refractivity contribution in [3.8, 4) is 0 Å². The van der Waals surface area contributed by atoms with Gasteiger partial charge in [-0.25, -0.2) is 4.98 Å². The number of aromatic nitrogens is 3. The number of fused-ring (bicyclic) bond motifs is 3. The van der Waals surface area contributed by atoms with Gasteiger partial charge in [-0.3, -0.25) is 0 Å². The monoisotopic (exact) mass is 281 g/mol. The summed E-state index contributed by atoms with van der Waals surface area (Å²) >= 11 is 0. The maximum atomic E-state index is 4.63. The van der Waals surface area contributed by atoms with E-state index in [0.717, 1.165) is 18.0 Å². The first-order chi connectivity index (χ1) is 10.3. The first-order valence-electron chi connectivity index (χ1n) is 8.23. The fourth-order valence-electron chi connectivity index (χ4n) is 4.08. The lowest BCUT2D eigenvalue weighted by Gasteiger charge is -2.23. The third kappa shape index (κ3) is 1.90. The van der Waals surface area contributed by atoms with Crippen molar-refractivity contribution in [2.45, 2.75) is 51.4 Å². The zero-order chi connectivity index (χ0) is 14.4. The minimum atomic E-state index is 0.740. The van der Waals surface area contributed by atoms with Gasteiger partial charge in [0.25, 0.3) is 0 Å². The van der Waals surface area contributed by atoms with Crippen LogP contribution in [-0.4, -0.2) is 14.0 Å². The van der Waals surface area contributed by atoms with Crippen molar-refractivity contribution in [1.29, 1.82) is 0 Å². The molecule has 1 fully saturated rings. The molecule has 3 nitrogen and oxygen atoms in total. The molecule has 3 aromatic rings. The van der Waals surface area contributed by atoms with Crippen LogP contribution in [0.3, 0.4) is 0 Å². The van der Waals surface area contributed by atoms with Crippen LogP contribution in [-0.2, 0) is 13.5 Å². The summed E-state index contributed by atoms with van der Waals surface area (Å²) in [5.41, 5.74) is 5.63. The van der Waals surface area contributed by atoms with Crippen molar-refractivity contribution < 1.29 is 0 Å². The van der Waals surface area contributed by atoms with Crippen molar-refractivity contribution in [3.63, 3.8) is 0 Å². The lowest BCUT2D eigenvalue weighted by molar-refractivity contribution is 0.444. The van der Waals surface area contributed by atoms with Gasteiger partial charge >= 0.3 is 0 Å². The maximum absolute atomic E-state index is 4.63. The van der Waals surface area contributed by atoms with E-state index in [1.165, 1.54) is 48.6 Å². The molecule has 0 saturated heterocycles. The van der Waals surface area contributed by atoms with E-state index in [1.807, 2.05) is 6.33 Å². The van der Waals surface area contributed by atoms with Crippen LogP contribution in [0.1, 0.15) is 56.1 Å². The summed E-state index contributed by atoms with van der Waals surface area (Å²) in [6.45, 7) is 2.27. The zero-order valence-electron chi connectivity index (χ0n) is 13.0. The standard InChI is InChI=1S/C18H23N3/c1-3-13-11-21-12-19-18-15(9-10-20(18)2)17(21)16(13)14-7-5-4-6-8-14/h9-12,14H,3-8H2,1-2H3. The van der Waals surface area contributed by atoms with Crippen LogP contribution in [0.5, 0.6) is 0 Å². The zero-order valence-corrected chi connectivity index (χ0v) is 13.0. The highest BCUT2D eigenvalue weighted by atomic mass is 15.0. The van der Waals surface area contributed by atoms with E-state index < -0.39 is 0 Å². The van der Waals surface area contributed by atoms with Crippen molar-refractivity contribution in [3.05, 3.63) is 35.9 Å². The smallest absolute Gasteiger partial charge is 0.143 e. The first kappa shape index (κ1) is 12.9. The Bertz CT molecular complexity index is 788. The molecule has 3 heterocycles. The molecule has 0 aliphatic heterocycles. The molecule has 0 unspecified atom stereocenters. The molecule has 1 aliphatic rings. The minimum Gasteiger partial charge on any atom is -0.335 e. The molecular formula is C18H23N3. The van der Waals surface area contributed by atoms with E-state index in [9.17, 15) is 0 Å².